The predicted molar refractivity (Wildman–Crippen MR) is 61.7 cm³/mol. The number of aryl methyl sites for hydroxylation is 1. The first-order valence-corrected chi connectivity index (χ1v) is 4.65. The molecule has 1 aromatic heterocycles. The largest absolute Gasteiger partial charge is 0.268 e. The molecule has 78 valence electrons. The van der Waals surface area contributed by atoms with Gasteiger partial charge >= 0.3 is 0 Å². The summed E-state index contributed by atoms with van der Waals surface area (Å²) in [7, 11) is 0. The van der Waals surface area contributed by atoms with E-state index in [9.17, 15) is 4.79 Å². The van der Waals surface area contributed by atoms with E-state index in [0.717, 1.165) is 11.1 Å². The highest BCUT2D eigenvalue weighted by atomic mass is 16.1. The molecular weight excluding hydrogens is 188 g/mol. The molecule has 0 spiro atoms. The molecule has 0 N–H and O–H groups in total. The lowest BCUT2D eigenvalue weighted by Crippen LogP contribution is -2.22. The van der Waals surface area contributed by atoms with Gasteiger partial charge < -0.3 is 0 Å². The lowest BCUT2D eigenvalue weighted by Gasteiger charge is -2.04. The van der Waals surface area contributed by atoms with Crippen LogP contribution in [0, 0.1) is 6.92 Å². The van der Waals surface area contributed by atoms with Crippen LogP contribution in [-0.4, -0.2) is 9.78 Å². The molecular formula is C12H14N2O. The van der Waals surface area contributed by atoms with Crippen LogP contribution in [-0.2, 0) is 6.54 Å². The van der Waals surface area contributed by atoms with Gasteiger partial charge in [-0.1, -0.05) is 31.4 Å². The van der Waals surface area contributed by atoms with Crippen LogP contribution in [0.4, 0.5) is 0 Å². The van der Waals surface area contributed by atoms with Crippen LogP contribution in [0.5, 0.6) is 0 Å². The van der Waals surface area contributed by atoms with E-state index in [1.807, 2.05) is 6.92 Å². The Morgan fingerprint density at radius 2 is 2.33 bits per heavy atom. The molecule has 1 aromatic rings. The number of nitrogens with zero attached hydrogens (tertiary/aromatic N) is 2. The highest BCUT2D eigenvalue weighted by molar-refractivity contribution is 5.20. The summed E-state index contributed by atoms with van der Waals surface area (Å²) < 4.78 is 1.39. The van der Waals surface area contributed by atoms with Crippen LogP contribution in [0.15, 0.2) is 54.0 Å². The second-order valence-electron chi connectivity index (χ2n) is 3.21. The van der Waals surface area contributed by atoms with Crippen molar-refractivity contribution in [3.8, 4) is 0 Å². The van der Waals surface area contributed by atoms with Crippen molar-refractivity contribution in [3.05, 3.63) is 65.1 Å². The Morgan fingerprint density at radius 3 is 2.87 bits per heavy atom. The Kier molecular flexibility index (Phi) is 3.80. The van der Waals surface area contributed by atoms with Crippen LogP contribution in [0.2, 0.25) is 0 Å². The van der Waals surface area contributed by atoms with Crippen molar-refractivity contribution in [2.24, 2.45) is 0 Å². The Labute approximate surface area is 89.1 Å². The first kappa shape index (κ1) is 11.2. The second kappa shape index (κ2) is 5.10. The van der Waals surface area contributed by atoms with Crippen LogP contribution in [0.1, 0.15) is 5.56 Å². The molecule has 0 aliphatic carbocycles. The van der Waals surface area contributed by atoms with Gasteiger partial charge in [0, 0.05) is 6.07 Å². The van der Waals surface area contributed by atoms with Crippen molar-refractivity contribution < 1.29 is 0 Å². The van der Waals surface area contributed by atoms with Crippen LogP contribution in [0.25, 0.3) is 0 Å². The summed E-state index contributed by atoms with van der Waals surface area (Å²) in [6.07, 6.45) is 6.82. The molecule has 0 aliphatic heterocycles. The molecule has 0 unspecified atom stereocenters. The fraction of sp³-hybridized carbons (Fsp3) is 0.167. The molecule has 0 radical (unpaired) electrons. The molecule has 1 heterocycles. The van der Waals surface area contributed by atoms with Crippen molar-refractivity contribution >= 4 is 0 Å². The number of aromatic nitrogens is 2. The molecule has 3 nitrogen and oxygen atoms in total. The fourth-order valence-corrected chi connectivity index (χ4v) is 1.15. The van der Waals surface area contributed by atoms with E-state index in [2.05, 4.69) is 18.3 Å². The molecule has 0 bridgehead atoms. The van der Waals surface area contributed by atoms with Gasteiger partial charge in [-0.3, -0.25) is 4.79 Å². The normalized spacial score (nSPS) is 11.1. The zero-order chi connectivity index (χ0) is 11.3. The van der Waals surface area contributed by atoms with Crippen molar-refractivity contribution in [1.82, 2.24) is 9.78 Å². The Bertz CT molecular complexity index is 455. The monoisotopic (exact) mass is 202 g/mol. The summed E-state index contributed by atoms with van der Waals surface area (Å²) in [6, 6.07) is 1.56. The summed E-state index contributed by atoms with van der Waals surface area (Å²) in [4.78, 5) is 11.5. The first-order valence-electron chi connectivity index (χ1n) is 4.65. The van der Waals surface area contributed by atoms with Gasteiger partial charge in [0.1, 0.15) is 0 Å². The van der Waals surface area contributed by atoms with Gasteiger partial charge in [0.25, 0.3) is 5.56 Å². The standard InChI is InChI=1S/C12H14N2O/c1-4-6-11(5-2)9-14-12(15)7-10(3)8-13-14/h4-8H,1-2,9H2,3H3/b11-6+. The minimum absolute atomic E-state index is 0.105. The average Bonchev–Trinajstić information content (AvgIpc) is 2.21. The van der Waals surface area contributed by atoms with Gasteiger partial charge in [-0.25, -0.2) is 4.68 Å². The fourth-order valence-electron chi connectivity index (χ4n) is 1.15. The van der Waals surface area contributed by atoms with Gasteiger partial charge in [-0.05, 0) is 18.1 Å². The third kappa shape index (κ3) is 3.06. The average molecular weight is 202 g/mol. The Balaban J connectivity index is 2.99. The smallest absolute Gasteiger partial charge is 0.267 e. The third-order valence-electron chi connectivity index (χ3n) is 1.93. The molecule has 0 saturated carbocycles. The van der Waals surface area contributed by atoms with Crippen molar-refractivity contribution in [1.29, 1.82) is 0 Å². The maximum atomic E-state index is 11.5. The Hall–Kier alpha value is -1.90. The third-order valence-corrected chi connectivity index (χ3v) is 1.93. The minimum atomic E-state index is -0.105. The van der Waals surface area contributed by atoms with Gasteiger partial charge in [-0.2, -0.15) is 5.10 Å². The van der Waals surface area contributed by atoms with E-state index in [-0.39, 0.29) is 5.56 Å². The molecule has 15 heavy (non-hydrogen) atoms. The molecule has 0 amide bonds. The highest BCUT2D eigenvalue weighted by Gasteiger charge is 1.98. The van der Waals surface area contributed by atoms with Crippen molar-refractivity contribution in [2.75, 3.05) is 0 Å². The zero-order valence-electron chi connectivity index (χ0n) is 8.81. The molecule has 0 saturated heterocycles. The van der Waals surface area contributed by atoms with Crippen molar-refractivity contribution in [3.63, 3.8) is 0 Å². The first-order chi connectivity index (χ1) is 7.17. The van der Waals surface area contributed by atoms with E-state index in [1.165, 1.54) is 4.68 Å². The highest BCUT2D eigenvalue weighted by Crippen LogP contribution is 1.98. The van der Waals surface area contributed by atoms with E-state index < -0.39 is 0 Å². The van der Waals surface area contributed by atoms with E-state index in [0.29, 0.717) is 6.54 Å². The lowest BCUT2D eigenvalue weighted by atomic mass is 10.2. The summed E-state index contributed by atoms with van der Waals surface area (Å²) >= 11 is 0. The van der Waals surface area contributed by atoms with Gasteiger partial charge in [0.2, 0.25) is 0 Å². The maximum absolute atomic E-state index is 11.5. The molecule has 3 heteroatoms. The summed E-state index contributed by atoms with van der Waals surface area (Å²) in [6.45, 7) is 9.52. The topological polar surface area (TPSA) is 34.9 Å². The number of hydrogen-bond donors (Lipinski definition) is 0. The number of allylic oxidation sites excluding steroid dienone is 4. The van der Waals surface area contributed by atoms with Gasteiger partial charge in [-0.15, -0.1) is 0 Å². The quantitative estimate of drug-likeness (QED) is 0.698. The maximum Gasteiger partial charge on any atom is 0.267 e. The van der Waals surface area contributed by atoms with Crippen LogP contribution < -0.4 is 5.56 Å². The van der Waals surface area contributed by atoms with Crippen LogP contribution >= 0.6 is 0 Å². The lowest BCUT2D eigenvalue weighted by molar-refractivity contribution is 0.635. The minimum Gasteiger partial charge on any atom is -0.268 e. The summed E-state index contributed by atoms with van der Waals surface area (Å²) in [5, 5.41) is 4.03. The molecule has 0 fully saturated rings. The SMILES string of the molecule is C=C/C=C(\C=C)Cn1ncc(C)cc1=O. The number of hydrogen-bond acceptors (Lipinski definition) is 2. The van der Waals surface area contributed by atoms with E-state index in [4.69, 9.17) is 0 Å². The van der Waals surface area contributed by atoms with E-state index in [1.54, 1.807) is 30.5 Å². The summed E-state index contributed by atoms with van der Waals surface area (Å²) in [5.74, 6) is 0. The molecule has 0 aromatic carbocycles. The summed E-state index contributed by atoms with van der Waals surface area (Å²) in [5.41, 5.74) is 1.67. The van der Waals surface area contributed by atoms with E-state index >= 15 is 0 Å². The van der Waals surface area contributed by atoms with Gasteiger partial charge in [0.05, 0.1) is 12.7 Å². The van der Waals surface area contributed by atoms with Gasteiger partial charge in [0.15, 0.2) is 0 Å². The second-order valence-corrected chi connectivity index (χ2v) is 3.21. The van der Waals surface area contributed by atoms with Crippen molar-refractivity contribution in [2.45, 2.75) is 13.5 Å². The molecule has 1 rings (SSSR count). The number of rotatable bonds is 4. The molecule has 0 atom stereocenters. The Morgan fingerprint density at radius 1 is 1.60 bits per heavy atom. The van der Waals surface area contributed by atoms with Crippen LogP contribution in [0.3, 0.4) is 0 Å². The molecule has 0 aliphatic rings. The predicted octanol–water partition coefficient (Wildman–Crippen LogP) is 1.85. The zero-order valence-corrected chi connectivity index (χ0v) is 8.81.